The van der Waals surface area contributed by atoms with Crippen LogP contribution in [-0.4, -0.2) is 19.6 Å². The van der Waals surface area contributed by atoms with E-state index in [9.17, 15) is 0 Å². The van der Waals surface area contributed by atoms with Crippen LogP contribution in [0.25, 0.3) is 5.78 Å². The molecule has 0 unspecified atom stereocenters. The summed E-state index contributed by atoms with van der Waals surface area (Å²) in [7, 11) is 0. The number of halogens is 3. The van der Waals surface area contributed by atoms with Gasteiger partial charge in [0.1, 0.15) is 22.3 Å². The lowest BCUT2D eigenvalue weighted by Crippen LogP contribution is -1.98. The van der Waals surface area contributed by atoms with Gasteiger partial charge in [0, 0.05) is 6.07 Å². The summed E-state index contributed by atoms with van der Waals surface area (Å²) in [5.41, 5.74) is 0. The number of hydrogen-bond donors (Lipinski definition) is 0. The smallest absolute Gasteiger partial charge is 0.256 e. The molecular weight excluding hydrogens is 311 g/mol. The first kappa shape index (κ1) is 12.5. The van der Waals surface area contributed by atoms with Crippen LogP contribution in [-0.2, 0) is 0 Å². The van der Waals surface area contributed by atoms with Crippen LogP contribution < -0.4 is 4.74 Å². The van der Waals surface area contributed by atoms with E-state index in [1.165, 1.54) is 16.9 Å². The van der Waals surface area contributed by atoms with Crippen molar-refractivity contribution in [1.29, 1.82) is 0 Å². The zero-order valence-corrected chi connectivity index (χ0v) is 11.5. The normalized spacial score (nSPS) is 10.9. The number of hydrogen-bond acceptors (Lipinski definition) is 4. The zero-order valence-electron chi connectivity index (χ0n) is 9.22. The molecule has 1 aromatic carbocycles. The monoisotopic (exact) mass is 314 g/mol. The maximum atomic E-state index is 6.06. The summed E-state index contributed by atoms with van der Waals surface area (Å²) >= 11 is 17.9. The molecule has 96 valence electrons. The third-order valence-electron chi connectivity index (χ3n) is 2.32. The number of ether oxygens (including phenoxy) is 1. The molecule has 0 amide bonds. The van der Waals surface area contributed by atoms with E-state index in [2.05, 4.69) is 15.1 Å². The van der Waals surface area contributed by atoms with Gasteiger partial charge in [-0.05, 0) is 12.1 Å². The van der Waals surface area contributed by atoms with E-state index in [4.69, 9.17) is 39.5 Å². The summed E-state index contributed by atoms with van der Waals surface area (Å²) in [6.45, 7) is 0. The molecule has 5 nitrogen and oxygen atoms in total. The van der Waals surface area contributed by atoms with Crippen LogP contribution in [0.1, 0.15) is 0 Å². The van der Waals surface area contributed by atoms with Gasteiger partial charge in [0.25, 0.3) is 5.78 Å². The molecule has 0 saturated carbocycles. The molecule has 2 heterocycles. The van der Waals surface area contributed by atoms with E-state index < -0.39 is 0 Å². The van der Waals surface area contributed by atoms with Gasteiger partial charge in [-0.1, -0.05) is 40.9 Å². The molecule has 0 aliphatic heterocycles. The number of nitrogens with zero attached hydrogens (tertiary/aromatic N) is 4. The second kappa shape index (κ2) is 4.85. The standard InChI is InChI=1S/C11H5Cl3N4O/c12-6-2-1-3-7(10(6)14)19-9-4-8(13)17-11-15-5-16-18(9)11/h1-5H. The Morgan fingerprint density at radius 1 is 1.16 bits per heavy atom. The Hall–Kier alpha value is -1.56. The Bertz CT molecular complexity index is 759. The molecule has 0 spiro atoms. The van der Waals surface area contributed by atoms with Crippen LogP contribution in [0.4, 0.5) is 0 Å². The quantitative estimate of drug-likeness (QED) is 0.673. The maximum absolute atomic E-state index is 6.06. The minimum absolute atomic E-state index is 0.244. The Kier molecular flexibility index (Phi) is 3.18. The summed E-state index contributed by atoms with van der Waals surface area (Å²) in [4.78, 5) is 7.93. The molecule has 0 fully saturated rings. The fourth-order valence-electron chi connectivity index (χ4n) is 1.51. The van der Waals surface area contributed by atoms with Crippen LogP contribution in [0.3, 0.4) is 0 Å². The lowest BCUT2D eigenvalue weighted by Gasteiger charge is -2.09. The van der Waals surface area contributed by atoms with Crippen molar-refractivity contribution < 1.29 is 4.74 Å². The molecule has 19 heavy (non-hydrogen) atoms. The van der Waals surface area contributed by atoms with Crippen LogP contribution in [0.2, 0.25) is 15.2 Å². The number of aromatic nitrogens is 4. The third kappa shape index (κ3) is 2.32. The van der Waals surface area contributed by atoms with Crippen LogP contribution in [0.15, 0.2) is 30.6 Å². The Labute approximate surface area is 122 Å². The lowest BCUT2D eigenvalue weighted by atomic mass is 10.3. The highest BCUT2D eigenvalue weighted by atomic mass is 35.5. The summed E-state index contributed by atoms with van der Waals surface area (Å²) in [5.74, 6) is 1.07. The van der Waals surface area contributed by atoms with Gasteiger partial charge in [0.15, 0.2) is 0 Å². The molecule has 3 rings (SSSR count). The summed E-state index contributed by atoms with van der Waals surface area (Å²) < 4.78 is 7.07. The number of fused-ring (bicyclic) bond motifs is 1. The minimum Gasteiger partial charge on any atom is -0.437 e. The topological polar surface area (TPSA) is 52.3 Å². The molecule has 0 radical (unpaired) electrons. The Morgan fingerprint density at radius 2 is 2.00 bits per heavy atom. The molecule has 0 aliphatic rings. The van der Waals surface area contributed by atoms with Gasteiger partial charge in [-0.2, -0.15) is 19.6 Å². The van der Waals surface area contributed by atoms with Gasteiger partial charge >= 0.3 is 0 Å². The number of benzene rings is 1. The van der Waals surface area contributed by atoms with Crippen molar-refractivity contribution in [3.8, 4) is 11.6 Å². The average Bonchev–Trinajstić information content (AvgIpc) is 2.83. The summed E-state index contributed by atoms with van der Waals surface area (Å²) in [6.07, 6.45) is 1.35. The van der Waals surface area contributed by atoms with E-state index in [-0.39, 0.29) is 5.15 Å². The largest absolute Gasteiger partial charge is 0.437 e. The fraction of sp³-hybridized carbons (Fsp3) is 0. The fourth-order valence-corrected chi connectivity index (χ4v) is 2.01. The van der Waals surface area contributed by atoms with E-state index in [1.54, 1.807) is 18.2 Å². The van der Waals surface area contributed by atoms with Crippen molar-refractivity contribution in [2.45, 2.75) is 0 Å². The first-order chi connectivity index (χ1) is 9.15. The summed E-state index contributed by atoms with van der Waals surface area (Å²) in [6, 6.07) is 6.60. The van der Waals surface area contributed by atoms with Crippen molar-refractivity contribution in [2.24, 2.45) is 0 Å². The van der Waals surface area contributed by atoms with E-state index in [0.717, 1.165) is 0 Å². The third-order valence-corrected chi connectivity index (χ3v) is 3.31. The van der Waals surface area contributed by atoms with Crippen LogP contribution in [0.5, 0.6) is 11.6 Å². The zero-order chi connectivity index (χ0) is 13.4. The second-order valence-electron chi connectivity index (χ2n) is 3.54. The molecule has 0 N–H and O–H groups in total. The van der Waals surface area contributed by atoms with Crippen molar-refractivity contribution in [3.63, 3.8) is 0 Å². The SMILES string of the molecule is Clc1cc(Oc2cccc(Cl)c2Cl)n2ncnc2n1. The van der Waals surface area contributed by atoms with Gasteiger partial charge in [-0.15, -0.1) is 0 Å². The van der Waals surface area contributed by atoms with Crippen LogP contribution >= 0.6 is 34.8 Å². The van der Waals surface area contributed by atoms with Crippen molar-refractivity contribution in [1.82, 2.24) is 19.6 Å². The molecule has 0 saturated heterocycles. The first-order valence-corrected chi connectivity index (χ1v) is 6.26. The predicted molar refractivity (Wildman–Crippen MR) is 72.3 cm³/mol. The van der Waals surface area contributed by atoms with Crippen molar-refractivity contribution in [2.75, 3.05) is 0 Å². The maximum Gasteiger partial charge on any atom is 0.256 e. The molecule has 3 aromatic rings. The molecule has 0 bridgehead atoms. The Balaban J connectivity index is 2.10. The Morgan fingerprint density at radius 3 is 2.84 bits per heavy atom. The second-order valence-corrected chi connectivity index (χ2v) is 4.72. The van der Waals surface area contributed by atoms with E-state index >= 15 is 0 Å². The highest BCUT2D eigenvalue weighted by Crippen LogP contribution is 2.34. The van der Waals surface area contributed by atoms with Crippen molar-refractivity contribution in [3.05, 3.63) is 45.8 Å². The van der Waals surface area contributed by atoms with Crippen LogP contribution in [0, 0.1) is 0 Å². The van der Waals surface area contributed by atoms with Gasteiger partial charge in [0.2, 0.25) is 5.88 Å². The average molecular weight is 316 g/mol. The lowest BCUT2D eigenvalue weighted by molar-refractivity contribution is 0.446. The number of rotatable bonds is 2. The minimum atomic E-state index is 0.244. The van der Waals surface area contributed by atoms with Crippen molar-refractivity contribution >= 4 is 40.6 Å². The predicted octanol–water partition coefficient (Wildman–Crippen LogP) is 3.88. The highest BCUT2D eigenvalue weighted by molar-refractivity contribution is 6.42. The first-order valence-electron chi connectivity index (χ1n) is 5.13. The van der Waals surface area contributed by atoms with E-state index in [0.29, 0.717) is 27.5 Å². The molecular formula is C11H5Cl3N4O. The van der Waals surface area contributed by atoms with Gasteiger partial charge < -0.3 is 4.74 Å². The van der Waals surface area contributed by atoms with Gasteiger partial charge in [-0.25, -0.2) is 0 Å². The van der Waals surface area contributed by atoms with Gasteiger partial charge in [-0.3, -0.25) is 0 Å². The molecule has 0 aliphatic carbocycles. The molecule has 2 aromatic heterocycles. The van der Waals surface area contributed by atoms with E-state index in [1.807, 2.05) is 0 Å². The molecule has 0 atom stereocenters. The summed E-state index contributed by atoms with van der Waals surface area (Å²) in [5, 5.41) is 4.94. The molecule has 8 heteroatoms. The van der Waals surface area contributed by atoms with Gasteiger partial charge in [0.05, 0.1) is 5.02 Å². The highest BCUT2D eigenvalue weighted by Gasteiger charge is 2.11.